The van der Waals surface area contributed by atoms with E-state index >= 15 is 0 Å². The maximum absolute atomic E-state index is 5.77. The van der Waals surface area contributed by atoms with E-state index in [1.807, 2.05) is 265 Å². The summed E-state index contributed by atoms with van der Waals surface area (Å²) in [5.74, 6) is 4.80. The summed E-state index contributed by atoms with van der Waals surface area (Å²) < 4.78 is 25.0. The second-order valence-corrected chi connectivity index (χ2v) is 22.5. The Labute approximate surface area is 617 Å². The molecule has 5 aromatic carbocycles. The third-order valence-electron chi connectivity index (χ3n) is 15.5. The number of hydrogen-bond donors (Lipinski definition) is 5. The number of azo groups is 5. The average molecular weight is 1470 g/mol. The largest absolute Gasteiger partial charge is 1.00 e. The minimum atomic E-state index is 0. The molecule has 0 amide bonds. The van der Waals surface area contributed by atoms with Crippen molar-refractivity contribution in [1.29, 1.82) is 0 Å². The van der Waals surface area contributed by atoms with Crippen LogP contribution in [0.3, 0.4) is 0 Å². The van der Waals surface area contributed by atoms with Gasteiger partial charge < -0.3 is 99.1 Å². The molecule has 0 bridgehead atoms. The minimum absolute atomic E-state index is 0. The summed E-state index contributed by atoms with van der Waals surface area (Å²) >= 11 is 0. The van der Waals surface area contributed by atoms with E-state index in [-0.39, 0.29) is 62.0 Å². The van der Waals surface area contributed by atoms with Crippen LogP contribution in [0.25, 0.3) is 0 Å². The summed E-state index contributed by atoms with van der Waals surface area (Å²) in [6.07, 6.45) is 9.47. The standard InChI is InChI=1S/C14H19N6O.C14H19N5.C13H18N6.2C13H17N5.5ClH/c1-10-8-21-13-7-11(5-6-12(13)19(10)3)16-17-14-18(2)9-15-20(14)4;1-5-15-12-6-8-13(9-7-12)16-17-14-10-11(2)18(3)19(14)4;1-18-9-10-19(2)13(18)17-16-12-5-3-11(4-6-12)15-8-7-14;1-9-10(2)18(4)13(17(9)3)16-15-12-7-5-11(14)6-8-12;1-4-14-11-5-7-12(8-6-11)15-16-13-17(2)9-10-18(13)3;;;;;/h5-7,9-10H,8H2,1-4H3;6-10H,5H2,1-4H3;3-6,9-10H,7-8,14H2,1-2H3;5-8,14H,1-4H3;5-10H,4H2,1-3H3;5*1H/q+1;;;;;;;;;/p-1. The first kappa shape index (κ1) is 86.4. The van der Waals surface area contributed by atoms with Gasteiger partial charge in [-0.05, 0) is 161 Å². The van der Waals surface area contributed by atoms with Crippen LogP contribution < -0.4 is 122 Å². The smallest absolute Gasteiger partial charge is 0.421 e. The van der Waals surface area contributed by atoms with E-state index in [2.05, 4.69) is 119 Å². The Morgan fingerprint density at radius 3 is 1.36 bits per heavy atom. The maximum atomic E-state index is 5.77. The van der Waals surface area contributed by atoms with Gasteiger partial charge in [-0.1, -0.05) is 20.5 Å². The molecule has 6 heterocycles. The van der Waals surface area contributed by atoms with Gasteiger partial charge in [0.05, 0.1) is 110 Å². The third-order valence-corrected chi connectivity index (χ3v) is 15.5. The molecular weight excluding hydrogens is 1380 g/mol. The van der Waals surface area contributed by atoms with Crippen molar-refractivity contribution in [3.63, 3.8) is 0 Å². The Morgan fingerprint density at radius 1 is 0.530 bits per heavy atom. The zero-order valence-electron chi connectivity index (χ0n) is 59.8. The van der Waals surface area contributed by atoms with E-state index < -0.39 is 0 Å². The Hall–Kier alpha value is -9.71. The molecule has 5 aromatic heterocycles. The van der Waals surface area contributed by atoms with Gasteiger partial charge in [0, 0.05) is 89.5 Å². The van der Waals surface area contributed by atoms with Gasteiger partial charge in [0.2, 0.25) is 6.33 Å². The molecule has 0 spiro atoms. The molecule has 33 heteroatoms. The fraction of sp³-hybridized carbons (Fsp3) is 0.343. The average Bonchev–Trinajstić information content (AvgIpc) is 1.08. The van der Waals surface area contributed by atoms with Crippen LogP contribution in [-0.4, -0.2) is 74.0 Å². The summed E-state index contributed by atoms with van der Waals surface area (Å²) in [7, 11) is 21.5. The van der Waals surface area contributed by atoms with Crippen molar-refractivity contribution in [3.8, 4) is 5.75 Å². The first-order valence-electron chi connectivity index (χ1n) is 31.2. The van der Waals surface area contributed by atoms with Gasteiger partial charge >= 0.3 is 29.6 Å². The van der Waals surface area contributed by atoms with E-state index in [1.54, 1.807) is 11.0 Å². The van der Waals surface area contributed by atoms with Crippen molar-refractivity contribution in [2.75, 3.05) is 66.4 Å². The SMILES string of the molecule is CC1COc2cc(N=Nc3n(C)nc[n+]3C)ccc2N1C.CCNc1ccc(N=Nc2cc(C)n(C)[n+]2C)cc1.CCNc1ccc(N=Nc2n(C)cc[n+]2C)cc1.Cc1c(C)[n+](C)c(N=Nc2ccc(N)cc2)n1C.Cn1cc[n+](C)c1N=Nc1ccc(NCCN)cc1.[Cl-].[Cl-].[Cl-].[Cl-].[Cl-]. The fourth-order valence-corrected chi connectivity index (χ4v) is 9.22. The van der Waals surface area contributed by atoms with E-state index in [0.717, 1.165) is 112 Å². The van der Waals surface area contributed by atoms with E-state index in [4.69, 9.17) is 16.2 Å². The minimum Gasteiger partial charge on any atom is -1.00 e. The van der Waals surface area contributed by atoms with E-state index in [1.165, 1.54) is 11.4 Å². The number of nitrogen functional groups attached to an aromatic ring is 1. The lowest BCUT2D eigenvalue weighted by atomic mass is 10.2. The molecular formula is C67H94Cl5N27O. The Bertz CT molecular complexity index is 4170. The normalized spacial score (nSPS) is 12.0. The Balaban J connectivity index is 0.000000420. The van der Waals surface area contributed by atoms with Crippen LogP contribution >= 0.6 is 0 Å². The van der Waals surface area contributed by atoms with Crippen LogP contribution in [0.4, 0.5) is 86.5 Å². The van der Waals surface area contributed by atoms with Crippen LogP contribution in [-0.2, 0) is 70.5 Å². The highest BCUT2D eigenvalue weighted by Crippen LogP contribution is 2.36. The molecule has 7 N–H and O–H groups in total. The number of aromatic nitrogens is 11. The van der Waals surface area contributed by atoms with Gasteiger partial charge in [-0.3, -0.25) is 0 Å². The van der Waals surface area contributed by atoms with Gasteiger partial charge in [-0.25, -0.2) is 36.7 Å². The van der Waals surface area contributed by atoms with Crippen molar-refractivity contribution in [2.45, 2.75) is 47.6 Å². The summed E-state index contributed by atoms with van der Waals surface area (Å²) in [6, 6.07) is 39.2. The topological polar surface area (TPSA) is 281 Å². The summed E-state index contributed by atoms with van der Waals surface area (Å²) in [6.45, 7) is 16.4. The van der Waals surface area contributed by atoms with Crippen molar-refractivity contribution in [1.82, 2.24) is 28.2 Å². The van der Waals surface area contributed by atoms with Crippen molar-refractivity contribution in [3.05, 3.63) is 170 Å². The number of benzene rings is 5. The Morgan fingerprint density at radius 2 is 0.960 bits per heavy atom. The molecule has 538 valence electrons. The summed E-state index contributed by atoms with van der Waals surface area (Å²) in [4.78, 5) is 2.21. The zero-order chi connectivity index (χ0) is 68.7. The van der Waals surface area contributed by atoms with Crippen LogP contribution in [0.2, 0.25) is 0 Å². The van der Waals surface area contributed by atoms with Crippen molar-refractivity contribution < 1.29 is 89.7 Å². The molecule has 0 fully saturated rings. The number of anilines is 5. The van der Waals surface area contributed by atoms with E-state index in [0.29, 0.717) is 25.1 Å². The highest BCUT2D eigenvalue weighted by atomic mass is 35.5. The number of fused-ring (bicyclic) bond motifs is 1. The molecule has 1 atom stereocenters. The number of rotatable bonds is 17. The van der Waals surface area contributed by atoms with Gasteiger partial charge in [-0.2, -0.15) is 4.68 Å². The first-order valence-corrected chi connectivity index (χ1v) is 31.2. The van der Waals surface area contributed by atoms with Crippen LogP contribution in [0, 0.1) is 20.8 Å². The summed E-state index contributed by atoms with van der Waals surface area (Å²) in [5.41, 5.74) is 23.7. The lowest BCUT2D eigenvalue weighted by molar-refractivity contribution is -0.740. The Kier molecular flexibility index (Phi) is 36.5. The second kappa shape index (κ2) is 42.3. The third kappa shape index (κ3) is 24.3. The van der Waals surface area contributed by atoms with E-state index in [9.17, 15) is 0 Å². The zero-order valence-corrected chi connectivity index (χ0v) is 63.6. The number of ether oxygens (including phenoxy) is 1. The lowest BCUT2D eigenvalue weighted by Gasteiger charge is -2.33. The highest BCUT2D eigenvalue weighted by Gasteiger charge is 2.23. The molecule has 11 rings (SSSR count). The second-order valence-electron chi connectivity index (χ2n) is 22.5. The number of nitrogens with zero attached hydrogens (tertiary/aromatic N) is 22. The predicted molar refractivity (Wildman–Crippen MR) is 372 cm³/mol. The molecule has 10 aromatic rings. The van der Waals surface area contributed by atoms with Gasteiger partial charge in [0.15, 0.2) is 0 Å². The van der Waals surface area contributed by atoms with Crippen molar-refractivity contribution in [2.24, 2.45) is 127 Å². The number of halogens is 5. The van der Waals surface area contributed by atoms with Gasteiger partial charge in [0.25, 0.3) is 0 Å². The lowest BCUT2D eigenvalue weighted by Crippen LogP contribution is -3.00. The van der Waals surface area contributed by atoms with Gasteiger partial charge in [0.1, 0.15) is 59.2 Å². The van der Waals surface area contributed by atoms with Crippen LogP contribution in [0.5, 0.6) is 5.75 Å². The molecule has 0 saturated carbocycles. The number of nitrogens with one attached hydrogen (secondary N) is 3. The van der Waals surface area contributed by atoms with Gasteiger partial charge in [-0.15, -0.1) is 4.68 Å². The number of likely N-dealkylation sites (N-methyl/N-ethyl adjacent to an activating group) is 1. The maximum Gasteiger partial charge on any atom is 0.421 e. The molecule has 0 saturated heterocycles. The number of hydrogen-bond acceptors (Lipinski definition) is 18. The molecule has 1 aliphatic heterocycles. The van der Waals surface area contributed by atoms with Crippen molar-refractivity contribution >= 4 is 86.5 Å². The quantitative estimate of drug-likeness (QED) is 0.0349. The number of imidazole rings is 3. The fourth-order valence-electron chi connectivity index (χ4n) is 9.22. The predicted octanol–water partition coefficient (Wildman–Crippen LogP) is -3.30. The number of aryl methyl sites for hydroxylation is 7. The summed E-state index contributed by atoms with van der Waals surface area (Å²) in [5, 5.41) is 56.3. The molecule has 0 aliphatic carbocycles. The molecule has 0 radical (unpaired) electrons. The monoisotopic (exact) mass is 1470 g/mol. The molecule has 1 aliphatic rings. The first-order chi connectivity index (χ1) is 45.6. The van der Waals surface area contributed by atoms with Crippen LogP contribution in [0.15, 0.2) is 204 Å². The number of nitrogens with two attached hydrogens (primary N) is 2. The molecule has 1 unspecified atom stereocenters. The molecule has 100 heavy (non-hydrogen) atoms. The molecule has 28 nitrogen and oxygen atoms in total. The van der Waals surface area contributed by atoms with Crippen LogP contribution in [0.1, 0.15) is 37.9 Å². The highest BCUT2D eigenvalue weighted by molar-refractivity contribution is 5.65.